The molecule has 2 aliphatic rings. The third-order valence-electron chi connectivity index (χ3n) is 6.31. The summed E-state index contributed by atoms with van der Waals surface area (Å²) in [5, 5.41) is 14.2. The van der Waals surface area contributed by atoms with Crippen LogP contribution in [0.5, 0.6) is 5.75 Å². The van der Waals surface area contributed by atoms with Crippen LogP contribution >= 0.6 is 0 Å². The lowest BCUT2D eigenvalue weighted by atomic mass is 9.93. The van der Waals surface area contributed by atoms with Crippen molar-refractivity contribution >= 4 is 17.7 Å². The van der Waals surface area contributed by atoms with Gasteiger partial charge in [0, 0.05) is 25.7 Å². The highest BCUT2D eigenvalue weighted by Crippen LogP contribution is 2.30. The molecule has 0 radical (unpaired) electrons. The number of para-hydroxylation sites is 1. The zero-order valence-electron chi connectivity index (χ0n) is 20.7. The largest absolute Gasteiger partial charge is 0.573 e. The minimum Gasteiger partial charge on any atom is -0.475 e. The maximum Gasteiger partial charge on any atom is 0.573 e. The van der Waals surface area contributed by atoms with Gasteiger partial charge in [0.15, 0.2) is 0 Å². The number of aliphatic carboxylic acids is 1. The molecule has 1 amide bonds. The Hall–Kier alpha value is -3.55. The number of hydrogen-bond donors (Lipinski definition) is 2. The highest BCUT2D eigenvalue weighted by molar-refractivity contribution is 6.05. The van der Waals surface area contributed by atoms with Gasteiger partial charge in [-0.25, -0.2) is 9.48 Å². The average molecular weight is 563 g/mol. The van der Waals surface area contributed by atoms with E-state index in [1.165, 1.54) is 24.6 Å². The van der Waals surface area contributed by atoms with E-state index >= 15 is 0 Å². The first kappa shape index (κ1) is 30.0. The molecule has 8 nitrogen and oxygen atoms in total. The molecule has 1 fully saturated rings. The summed E-state index contributed by atoms with van der Waals surface area (Å²) in [4.78, 5) is 24.1. The number of allylic oxidation sites excluding steroid dienone is 2. The summed E-state index contributed by atoms with van der Waals surface area (Å²) < 4.78 is 75.5. The van der Waals surface area contributed by atoms with Crippen LogP contribution in [-0.2, 0) is 4.79 Å². The Kier molecular flexibility index (Phi) is 10.0. The number of aromatic nitrogens is 2. The molecule has 1 atom stereocenters. The smallest absolute Gasteiger partial charge is 0.475 e. The number of nitrogens with one attached hydrogen (secondary N) is 1. The quantitative estimate of drug-likeness (QED) is 0.349. The van der Waals surface area contributed by atoms with Crippen molar-refractivity contribution in [2.24, 2.45) is 5.92 Å². The normalized spacial score (nSPS) is 18.7. The molecule has 1 aromatic carbocycles. The summed E-state index contributed by atoms with van der Waals surface area (Å²) in [5.74, 6) is -2.78. The molecule has 2 N–H and O–H groups in total. The number of carbonyl (C=O) groups excluding carboxylic acids is 1. The fourth-order valence-electron chi connectivity index (χ4n) is 4.49. The van der Waals surface area contributed by atoms with Crippen molar-refractivity contribution in [1.82, 2.24) is 14.7 Å². The van der Waals surface area contributed by atoms with Crippen LogP contribution in [-0.4, -0.2) is 63.8 Å². The number of carbonyl (C=O) groups is 2. The minimum atomic E-state index is -5.08. The number of alkyl halides is 6. The number of rotatable bonds is 6. The predicted molar refractivity (Wildman–Crippen MR) is 128 cm³/mol. The second-order valence-corrected chi connectivity index (χ2v) is 9.14. The topological polar surface area (TPSA) is 96.7 Å². The van der Waals surface area contributed by atoms with Crippen LogP contribution in [0.3, 0.4) is 0 Å². The van der Waals surface area contributed by atoms with Crippen molar-refractivity contribution in [2.45, 2.75) is 50.7 Å². The van der Waals surface area contributed by atoms with Crippen molar-refractivity contribution in [3.05, 3.63) is 54.2 Å². The Labute approximate surface area is 220 Å². The first-order chi connectivity index (χ1) is 18.3. The fraction of sp³-hybridized carbons (Fsp3) is 0.480. The van der Waals surface area contributed by atoms with Gasteiger partial charge in [-0.1, -0.05) is 24.3 Å². The number of carboxylic acids is 1. The highest BCUT2D eigenvalue weighted by Gasteiger charge is 2.38. The van der Waals surface area contributed by atoms with E-state index in [1.54, 1.807) is 16.9 Å². The lowest BCUT2D eigenvalue weighted by Gasteiger charge is -2.35. The molecule has 1 saturated heterocycles. The maximum absolute atomic E-state index is 12.7. The van der Waals surface area contributed by atoms with E-state index in [9.17, 15) is 31.1 Å². The first-order valence-corrected chi connectivity index (χ1v) is 12.2. The Bertz CT molecular complexity index is 1140. The van der Waals surface area contributed by atoms with Crippen molar-refractivity contribution in [2.75, 3.05) is 25.0 Å². The van der Waals surface area contributed by atoms with Gasteiger partial charge in [-0.05, 0) is 50.2 Å². The molecular formula is C25H28F6N4O4. The van der Waals surface area contributed by atoms with Crippen molar-refractivity contribution in [3.8, 4) is 5.75 Å². The number of anilines is 1. The van der Waals surface area contributed by atoms with E-state index in [0.717, 1.165) is 57.3 Å². The van der Waals surface area contributed by atoms with E-state index in [2.05, 4.69) is 32.2 Å². The van der Waals surface area contributed by atoms with Crippen LogP contribution in [0.2, 0.25) is 0 Å². The molecule has 1 unspecified atom stereocenters. The minimum absolute atomic E-state index is 0.129. The number of benzene rings is 1. The van der Waals surface area contributed by atoms with Crippen LogP contribution in [0.15, 0.2) is 48.7 Å². The third kappa shape index (κ3) is 9.30. The van der Waals surface area contributed by atoms with Gasteiger partial charge in [0.25, 0.3) is 5.91 Å². The van der Waals surface area contributed by atoms with Crippen molar-refractivity contribution in [1.29, 1.82) is 0 Å². The molecule has 4 rings (SSSR count). The number of hydrogen-bond acceptors (Lipinski definition) is 5. The first-order valence-electron chi connectivity index (χ1n) is 12.2. The summed E-state index contributed by atoms with van der Waals surface area (Å²) in [6.07, 6.45) is 1.52. The average Bonchev–Trinajstić information content (AvgIpc) is 3.32. The van der Waals surface area contributed by atoms with Gasteiger partial charge in [-0.3, -0.25) is 4.79 Å². The molecule has 1 aromatic heterocycles. The maximum atomic E-state index is 12.7. The molecule has 1 aliphatic heterocycles. The summed E-state index contributed by atoms with van der Waals surface area (Å²) in [5.41, 5.74) is -0.186. The number of amides is 1. The SMILES string of the molecule is O=C(Nc1ccnn1C1CCN(CC2CC=CCC2)CC1)c1ccccc1OC(F)(F)F.O=C(O)C(F)(F)F. The van der Waals surface area contributed by atoms with Crippen molar-refractivity contribution < 1.29 is 45.8 Å². The van der Waals surface area contributed by atoms with Crippen LogP contribution in [0.25, 0.3) is 0 Å². The highest BCUT2D eigenvalue weighted by atomic mass is 19.4. The van der Waals surface area contributed by atoms with Gasteiger partial charge < -0.3 is 20.1 Å². The monoisotopic (exact) mass is 562 g/mol. The second-order valence-electron chi connectivity index (χ2n) is 9.14. The van der Waals surface area contributed by atoms with Crippen LogP contribution in [0.1, 0.15) is 48.5 Å². The number of halogens is 6. The zero-order valence-corrected chi connectivity index (χ0v) is 20.7. The van der Waals surface area contributed by atoms with Gasteiger partial charge in [0.2, 0.25) is 0 Å². The number of piperidine rings is 1. The lowest BCUT2D eigenvalue weighted by molar-refractivity contribution is -0.274. The van der Waals surface area contributed by atoms with Crippen LogP contribution in [0.4, 0.5) is 32.2 Å². The Balaban J connectivity index is 0.000000532. The van der Waals surface area contributed by atoms with Crippen molar-refractivity contribution in [3.63, 3.8) is 0 Å². The van der Waals surface area contributed by atoms with Gasteiger partial charge in [-0.15, -0.1) is 13.2 Å². The Morgan fingerprint density at radius 1 is 1.03 bits per heavy atom. The van der Waals surface area contributed by atoms with Gasteiger partial charge in [0.05, 0.1) is 17.8 Å². The molecular weight excluding hydrogens is 534 g/mol. The molecule has 0 bridgehead atoms. The molecule has 1 aliphatic carbocycles. The number of likely N-dealkylation sites (tertiary alicyclic amines) is 1. The summed E-state index contributed by atoms with van der Waals surface area (Å²) >= 11 is 0. The number of nitrogens with zero attached hydrogens (tertiary/aromatic N) is 3. The van der Waals surface area contributed by atoms with E-state index in [1.807, 2.05) is 0 Å². The van der Waals surface area contributed by atoms with E-state index < -0.39 is 30.2 Å². The lowest BCUT2D eigenvalue weighted by Crippen LogP contribution is -2.38. The molecule has 39 heavy (non-hydrogen) atoms. The predicted octanol–water partition coefficient (Wildman–Crippen LogP) is 5.66. The molecule has 0 saturated carbocycles. The van der Waals surface area contributed by atoms with E-state index in [-0.39, 0.29) is 11.6 Å². The summed E-state index contributed by atoms with van der Waals surface area (Å²) in [7, 11) is 0. The summed E-state index contributed by atoms with van der Waals surface area (Å²) in [6.45, 7) is 3.02. The van der Waals surface area contributed by atoms with Crippen LogP contribution < -0.4 is 10.1 Å². The van der Waals surface area contributed by atoms with E-state index in [0.29, 0.717) is 5.82 Å². The molecule has 214 valence electrons. The molecule has 14 heteroatoms. The molecule has 0 spiro atoms. The van der Waals surface area contributed by atoms with Gasteiger partial charge in [0.1, 0.15) is 11.6 Å². The second kappa shape index (κ2) is 13.0. The Morgan fingerprint density at radius 2 is 1.69 bits per heavy atom. The fourth-order valence-corrected chi connectivity index (χ4v) is 4.49. The standard InChI is InChI=1S/C23H27F3N4O2.C2HF3O2/c24-23(25,26)32-20-9-5-4-8-19(20)22(31)28-21-10-13-27-30(21)18-11-14-29(15-12-18)16-17-6-2-1-3-7-17;3-2(4,5)1(6)7/h1-2,4-5,8-10,13,17-18H,3,6-7,11-12,14-16H2,(H,28,31);(H,6,7). The van der Waals surface area contributed by atoms with Gasteiger partial charge >= 0.3 is 18.5 Å². The van der Waals surface area contributed by atoms with Crippen LogP contribution in [0, 0.1) is 5.92 Å². The van der Waals surface area contributed by atoms with Gasteiger partial charge in [-0.2, -0.15) is 18.3 Å². The van der Waals surface area contributed by atoms with E-state index in [4.69, 9.17) is 9.90 Å². The zero-order chi connectivity index (χ0) is 28.6. The molecule has 2 aromatic rings. The third-order valence-corrected chi connectivity index (χ3v) is 6.31. The molecule has 2 heterocycles. The summed E-state index contributed by atoms with van der Waals surface area (Å²) in [6, 6.07) is 7.09. The number of ether oxygens (including phenoxy) is 1. The Morgan fingerprint density at radius 3 is 2.28 bits per heavy atom. The number of carboxylic acid groups (broad SMARTS) is 1.